The Morgan fingerprint density at radius 3 is 2.76 bits per heavy atom. The molecule has 2 aliphatic rings. The summed E-state index contributed by atoms with van der Waals surface area (Å²) in [4.78, 5) is 23.9. The first-order valence-electron chi connectivity index (χ1n) is 13.0. The molecular formula is C28H32ClFN6O2. The summed E-state index contributed by atoms with van der Waals surface area (Å²) in [6.07, 6.45) is 5.60. The zero-order valence-corrected chi connectivity index (χ0v) is 22.2. The Morgan fingerprint density at radius 2 is 1.97 bits per heavy atom. The number of aromatic nitrogens is 2. The summed E-state index contributed by atoms with van der Waals surface area (Å²) in [5.74, 6) is 0.112. The summed E-state index contributed by atoms with van der Waals surface area (Å²) in [5, 5.41) is 9.25. The fraction of sp³-hybridized carbons (Fsp3) is 0.393. The van der Waals surface area contributed by atoms with Gasteiger partial charge < -0.3 is 25.6 Å². The predicted octanol–water partition coefficient (Wildman–Crippen LogP) is 4.94. The van der Waals surface area contributed by atoms with Crippen LogP contribution in [0.1, 0.15) is 34.3 Å². The molecule has 1 amide bonds. The Kier molecular flexibility index (Phi) is 8.36. The lowest BCUT2D eigenvalue weighted by molar-refractivity contribution is 0.0952. The average Bonchev–Trinajstić information content (AvgIpc) is 3.76. The minimum atomic E-state index is -0.571. The number of nitrogens with one attached hydrogen (secondary N) is 3. The molecule has 8 nitrogen and oxygen atoms in total. The topological polar surface area (TPSA) is 91.4 Å². The zero-order chi connectivity index (χ0) is 26.5. The fourth-order valence-electron chi connectivity index (χ4n) is 4.55. The average molecular weight is 539 g/mol. The highest BCUT2D eigenvalue weighted by atomic mass is 35.5. The second-order valence-corrected chi connectivity index (χ2v) is 10.2. The number of carbonyl (C=O) groups is 1. The van der Waals surface area contributed by atoms with Crippen LogP contribution in [0.5, 0.6) is 0 Å². The van der Waals surface area contributed by atoms with Gasteiger partial charge in [0, 0.05) is 39.0 Å². The molecule has 1 saturated carbocycles. The van der Waals surface area contributed by atoms with Gasteiger partial charge in [-0.25, -0.2) is 9.37 Å². The van der Waals surface area contributed by atoms with Gasteiger partial charge in [0.15, 0.2) is 5.82 Å². The lowest BCUT2D eigenvalue weighted by Crippen LogP contribution is -2.29. The van der Waals surface area contributed by atoms with Gasteiger partial charge in [0.05, 0.1) is 24.1 Å². The van der Waals surface area contributed by atoms with Crippen molar-refractivity contribution in [2.24, 2.45) is 5.92 Å². The van der Waals surface area contributed by atoms with E-state index in [0.717, 1.165) is 57.6 Å². The molecule has 0 atom stereocenters. The third-order valence-corrected chi connectivity index (χ3v) is 7.24. The van der Waals surface area contributed by atoms with Crippen molar-refractivity contribution >= 4 is 40.6 Å². The van der Waals surface area contributed by atoms with Gasteiger partial charge in [0.2, 0.25) is 5.95 Å². The molecule has 3 aromatic rings. The van der Waals surface area contributed by atoms with Crippen molar-refractivity contribution in [1.29, 1.82) is 0 Å². The highest BCUT2D eigenvalue weighted by Gasteiger charge is 2.23. The van der Waals surface area contributed by atoms with Crippen LogP contribution in [0.3, 0.4) is 0 Å². The van der Waals surface area contributed by atoms with Crippen molar-refractivity contribution in [3.05, 3.63) is 70.1 Å². The number of anilines is 4. The number of fused-ring (bicyclic) bond motifs is 1. The fourth-order valence-corrected chi connectivity index (χ4v) is 4.69. The normalized spacial score (nSPS) is 15.4. The number of rotatable bonds is 10. The summed E-state index contributed by atoms with van der Waals surface area (Å²) in [7, 11) is 1.73. The molecule has 2 heterocycles. The maximum absolute atomic E-state index is 14.8. The summed E-state index contributed by atoms with van der Waals surface area (Å²) < 4.78 is 20.1. The molecule has 1 aromatic heterocycles. The molecule has 0 spiro atoms. The first-order valence-corrected chi connectivity index (χ1v) is 13.3. The SMILES string of the molecule is COCCN1CCc2ccc(Nc3ncc(Cl)c(Nc4c(F)cccc4C(=O)NCC4CC4)n3)cc2CC1. The summed E-state index contributed by atoms with van der Waals surface area (Å²) in [6, 6.07) is 10.6. The number of amides is 1. The minimum absolute atomic E-state index is 0.0235. The van der Waals surface area contributed by atoms with Gasteiger partial charge >= 0.3 is 0 Å². The van der Waals surface area contributed by atoms with Crippen molar-refractivity contribution in [1.82, 2.24) is 20.2 Å². The van der Waals surface area contributed by atoms with E-state index in [1.807, 2.05) is 6.07 Å². The molecule has 0 bridgehead atoms. The molecule has 5 rings (SSSR count). The van der Waals surface area contributed by atoms with E-state index >= 15 is 0 Å². The van der Waals surface area contributed by atoms with Gasteiger partial charge in [0.25, 0.3) is 5.91 Å². The molecule has 0 unspecified atom stereocenters. The Labute approximate surface area is 227 Å². The number of halogens is 2. The van der Waals surface area contributed by atoms with Crippen LogP contribution in [0.4, 0.5) is 27.5 Å². The van der Waals surface area contributed by atoms with E-state index in [1.54, 1.807) is 13.2 Å². The molecule has 38 heavy (non-hydrogen) atoms. The van der Waals surface area contributed by atoms with E-state index < -0.39 is 5.82 Å². The maximum Gasteiger partial charge on any atom is 0.253 e. The van der Waals surface area contributed by atoms with E-state index in [0.29, 0.717) is 18.4 Å². The van der Waals surface area contributed by atoms with E-state index in [2.05, 4.69) is 43.0 Å². The van der Waals surface area contributed by atoms with Crippen LogP contribution in [0, 0.1) is 11.7 Å². The largest absolute Gasteiger partial charge is 0.383 e. The zero-order valence-electron chi connectivity index (χ0n) is 21.4. The van der Waals surface area contributed by atoms with E-state index in [1.165, 1.54) is 29.5 Å². The number of benzene rings is 2. The van der Waals surface area contributed by atoms with Crippen LogP contribution in [0.25, 0.3) is 0 Å². The third-order valence-electron chi connectivity index (χ3n) is 6.96. The van der Waals surface area contributed by atoms with Crippen molar-refractivity contribution < 1.29 is 13.9 Å². The highest BCUT2D eigenvalue weighted by molar-refractivity contribution is 6.33. The number of para-hydroxylation sites is 1. The van der Waals surface area contributed by atoms with Crippen molar-refractivity contribution in [3.63, 3.8) is 0 Å². The second kappa shape index (κ2) is 12.1. The Morgan fingerprint density at radius 1 is 1.16 bits per heavy atom. The molecule has 10 heteroatoms. The summed E-state index contributed by atoms with van der Waals surface area (Å²) >= 11 is 6.36. The number of nitrogens with zero attached hydrogens (tertiary/aromatic N) is 3. The van der Waals surface area contributed by atoms with Gasteiger partial charge in [-0.15, -0.1) is 0 Å². The lowest BCUT2D eigenvalue weighted by Gasteiger charge is -2.18. The first kappa shape index (κ1) is 26.3. The first-order chi connectivity index (χ1) is 18.5. The van der Waals surface area contributed by atoms with Crippen LogP contribution in [0.15, 0.2) is 42.6 Å². The number of carbonyl (C=O) groups excluding carboxylic acids is 1. The predicted molar refractivity (Wildman–Crippen MR) is 147 cm³/mol. The standard InChI is InChI=1S/C28H32ClFN6O2/c1-38-14-13-36-11-9-19-7-8-21(15-20(19)10-12-36)33-28-32-17-23(29)26(35-28)34-25-22(3-2-4-24(25)30)27(37)31-16-18-5-6-18/h2-4,7-8,15,17-18H,5-6,9-14,16H2,1H3,(H,31,37)(H2,32,33,34,35). The molecule has 0 radical (unpaired) electrons. The van der Waals surface area contributed by atoms with E-state index in [-0.39, 0.29) is 28.0 Å². The van der Waals surface area contributed by atoms with Crippen molar-refractivity contribution in [2.75, 3.05) is 50.5 Å². The van der Waals surface area contributed by atoms with Gasteiger partial charge in [-0.3, -0.25) is 4.79 Å². The highest BCUT2D eigenvalue weighted by Crippen LogP contribution is 2.30. The van der Waals surface area contributed by atoms with E-state index in [4.69, 9.17) is 16.3 Å². The maximum atomic E-state index is 14.8. The quantitative estimate of drug-likeness (QED) is 0.336. The molecular weight excluding hydrogens is 507 g/mol. The van der Waals surface area contributed by atoms with Crippen LogP contribution in [0.2, 0.25) is 5.02 Å². The monoisotopic (exact) mass is 538 g/mol. The summed E-state index contributed by atoms with van der Waals surface area (Å²) in [5.41, 5.74) is 3.70. The number of hydrogen-bond acceptors (Lipinski definition) is 7. The third kappa shape index (κ3) is 6.59. The molecule has 0 saturated heterocycles. The molecule has 1 aliphatic carbocycles. The smallest absolute Gasteiger partial charge is 0.253 e. The van der Waals surface area contributed by atoms with Gasteiger partial charge in [-0.2, -0.15) is 4.98 Å². The lowest BCUT2D eigenvalue weighted by atomic mass is 10.0. The molecule has 3 N–H and O–H groups in total. The van der Waals surface area contributed by atoms with Gasteiger partial charge in [-0.05, 0) is 67.0 Å². The van der Waals surface area contributed by atoms with Crippen LogP contribution < -0.4 is 16.0 Å². The van der Waals surface area contributed by atoms with Crippen molar-refractivity contribution in [2.45, 2.75) is 25.7 Å². The van der Waals surface area contributed by atoms with Crippen LogP contribution >= 0.6 is 11.6 Å². The summed E-state index contributed by atoms with van der Waals surface area (Å²) in [6.45, 7) is 4.23. The number of methoxy groups -OCH3 is 1. The Bertz CT molecular complexity index is 1300. The van der Waals surface area contributed by atoms with Crippen LogP contribution in [-0.2, 0) is 17.6 Å². The molecule has 2 aromatic carbocycles. The van der Waals surface area contributed by atoms with Crippen molar-refractivity contribution in [3.8, 4) is 0 Å². The van der Waals surface area contributed by atoms with Gasteiger partial charge in [-0.1, -0.05) is 23.7 Å². The number of ether oxygens (including phenoxy) is 1. The molecule has 1 aliphatic heterocycles. The molecule has 1 fully saturated rings. The van der Waals surface area contributed by atoms with E-state index in [9.17, 15) is 9.18 Å². The Balaban J connectivity index is 1.31. The second-order valence-electron chi connectivity index (χ2n) is 9.77. The van der Waals surface area contributed by atoms with Gasteiger partial charge in [0.1, 0.15) is 10.8 Å². The molecule has 200 valence electrons. The Hall–Kier alpha value is -3.27. The number of hydrogen-bond donors (Lipinski definition) is 3. The minimum Gasteiger partial charge on any atom is -0.383 e. The van der Waals surface area contributed by atoms with Crippen LogP contribution in [-0.4, -0.2) is 60.7 Å².